The molecule has 26 heavy (non-hydrogen) atoms. The van der Waals surface area contributed by atoms with Gasteiger partial charge in [-0.05, 0) is 74.5 Å². The van der Waals surface area contributed by atoms with Gasteiger partial charge in [-0.2, -0.15) is 0 Å². The van der Waals surface area contributed by atoms with Crippen molar-refractivity contribution in [3.63, 3.8) is 0 Å². The molecule has 5 rings (SSSR count). The van der Waals surface area contributed by atoms with E-state index in [1.165, 1.54) is 57.8 Å². The van der Waals surface area contributed by atoms with Crippen LogP contribution in [0.3, 0.4) is 0 Å². The zero-order valence-corrected chi connectivity index (χ0v) is 15.6. The molecule has 0 heterocycles. The fraction of sp³-hybridized carbons (Fsp3) is 0.810. The molecule has 5 nitrogen and oxygen atoms in total. The number of alkyl carbamates (subject to hydrolysis) is 1. The topological polar surface area (TPSA) is 64.6 Å². The summed E-state index contributed by atoms with van der Waals surface area (Å²) in [6.07, 6.45) is 12.1. The summed E-state index contributed by atoms with van der Waals surface area (Å²) < 4.78 is 11.2. The fourth-order valence-corrected chi connectivity index (χ4v) is 6.77. The molecule has 5 heteroatoms. The van der Waals surface area contributed by atoms with Crippen LogP contribution in [0.5, 0.6) is 0 Å². The van der Waals surface area contributed by atoms with Crippen molar-refractivity contribution < 1.29 is 19.1 Å². The van der Waals surface area contributed by atoms with Gasteiger partial charge in [0.25, 0.3) is 0 Å². The van der Waals surface area contributed by atoms with Crippen molar-refractivity contribution in [1.29, 1.82) is 0 Å². The van der Waals surface area contributed by atoms with Crippen LogP contribution in [0.25, 0.3) is 0 Å². The van der Waals surface area contributed by atoms with E-state index in [1.807, 2.05) is 0 Å². The molecule has 0 aromatic heterocycles. The highest BCUT2D eigenvalue weighted by molar-refractivity contribution is 5.81. The van der Waals surface area contributed by atoms with E-state index in [-0.39, 0.29) is 24.8 Å². The Morgan fingerprint density at radius 1 is 1.00 bits per heavy atom. The van der Waals surface area contributed by atoms with E-state index >= 15 is 0 Å². The van der Waals surface area contributed by atoms with Gasteiger partial charge < -0.3 is 14.8 Å². The fourth-order valence-electron chi connectivity index (χ4n) is 6.77. The molecule has 0 aliphatic heterocycles. The van der Waals surface area contributed by atoms with Crippen LogP contribution in [0.1, 0.15) is 57.8 Å². The lowest BCUT2D eigenvalue weighted by molar-refractivity contribution is -0.200. The molecule has 0 aromatic rings. The van der Waals surface area contributed by atoms with Gasteiger partial charge in [-0.3, -0.25) is 0 Å². The van der Waals surface area contributed by atoms with Crippen LogP contribution < -0.4 is 5.32 Å². The number of esters is 1. The van der Waals surface area contributed by atoms with Crippen molar-refractivity contribution in [3.05, 3.63) is 12.7 Å². The molecule has 1 N–H and O–H groups in total. The predicted molar refractivity (Wildman–Crippen MR) is 97.4 cm³/mol. The summed E-state index contributed by atoms with van der Waals surface area (Å²) in [5, 5.41) is 2.80. The molecule has 0 saturated heterocycles. The molecule has 5 fully saturated rings. The third-order valence-electron chi connectivity index (χ3n) is 7.46. The first-order valence-electron chi connectivity index (χ1n) is 10.4. The Balaban J connectivity index is 1.42. The van der Waals surface area contributed by atoms with Gasteiger partial charge in [0.2, 0.25) is 0 Å². The molecule has 0 atom stereocenters. The molecule has 5 saturated carbocycles. The van der Waals surface area contributed by atoms with Crippen LogP contribution in [0.2, 0.25) is 0 Å². The van der Waals surface area contributed by atoms with Gasteiger partial charge in [0.1, 0.15) is 12.2 Å². The third-order valence-corrected chi connectivity index (χ3v) is 7.46. The van der Waals surface area contributed by atoms with E-state index in [0.29, 0.717) is 17.8 Å². The largest absolute Gasteiger partial charge is 0.461 e. The number of carbonyl (C=O) groups excluding carboxylic acids is 2. The van der Waals surface area contributed by atoms with Gasteiger partial charge in [-0.1, -0.05) is 19.4 Å². The van der Waals surface area contributed by atoms with Gasteiger partial charge >= 0.3 is 12.1 Å². The van der Waals surface area contributed by atoms with Crippen LogP contribution >= 0.6 is 0 Å². The standard InChI is InChI=1S/C21H31NO4/c1-2-19(23)25-8-7-22-20(24)26-21(16-5-3-4-6-16)17-10-14-9-15(12-17)13-18(21)11-14/h2,14-18H,1,3-13H2,(H,22,24). The molecule has 4 bridgehead atoms. The zero-order valence-electron chi connectivity index (χ0n) is 15.6. The Kier molecular flexibility index (Phi) is 4.98. The Labute approximate surface area is 155 Å². The average molecular weight is 361 g/mol. The predicted octanol–water partition coefficient (Wildman–Crippen LogP) is 3.83. The highest BCUT2D eigenvalue weighted by Crippen LogP contribution is 2.63. The highest BCUT2D eigenvalue weighted by atomic mass is 16.6. The minimum Gasteiger partial charge on any atom is -0.461 e. The van der Waals surface area contributed by atoms with Crippen molar-refractivity contribution in [2.45, 2.75) is 63.4 Å². The summed E-state index contributed by atoms with van der Waals surface area (Å²) in [7, 11) is 0. The van der Waals surface area contributed by atoms with Gasteiger partial charge in [0.05, 0.1) is 6.54 Å². The van der Waals surface area contributed by atoms with Crippen LogP contribution in [-0.2, 0) is 14.3 Å². The summed E-state index contributed by atoms with van der Waals surface area (Å²) in [5.74, 6) is 2.87. The average Bonchev–Trinajstić information content (AvgIpc) is 3.16. The lowest BCUT2D eigenvalue weighted by Crippen LogP contribution is -2.63. The first kappa shape index (κ1) is 17.9. The molecular formula is C21H31NO4. The van der Waals surface area contributed by atoms with E-state index < -0.39 is 5.97 Å². The first-order valence-corrected chi connectivity index (χ1v) is 10.4. The second-order valence-corrected chi connectivity index (χ2v) is 8.83. The number of amides is 1. The lowest BCUT2D eigenvalue weighted by atomic mass is 9.47. The van der Waals surface area contributed by atoms with Gasteiger partial charge in [0, 0.05) is 6.08 Å². The maximum Gasteiger partial charge on any atom is 0.407 e. The maximum absolute atomic E-state index is 12.6. The lowest BCUT2D eigenvalue weighted by Gasteiger charge is -2.62. The van der Waals surface area contributed by atoms with Gasteiger partial charge in [-0.25, -0.2) is 9.59 Å². The smallest absolute Gasteiger partial charge is 0.407 e. The second kappa shape index (κ2) is 7.24. The van der Waals surface area contributed by atoms with E-state index in [0.717, 1.165) is 17.9 Å². The van der Waals surface area contributed by atoms with E-state index in [9.17, 15) is 9.59 Å². The van der Waals surface area contributed by atoms with E-state index in [1.54, 1.807) is 0 Å². The van der Waals surface area contributed by atoms with Crippen molar-refractivity contribution in [3.8, 4) is 0 Å². The molecule has 0 aromatic carbocycles. The first-order chi connectivity index (χ1) is 12.6. The monoisotopic (exact) mass is 361 g/mol. The summed E-state index contributed by atoms with van der Waals surface area (Å²) in [6.45, 7) is 3.78. The maximum atomic E-state index is 12.6. The molecule has 0 spiro atoms. The highest BCUT2D eigenvalue weighted by Gasteiger charge is 2.62. The van der Waals surface area contributed by atoms with Crippen LogP contribution in [0.4, 0.5) is 4.79 Å². The van der Waals surface area contributed by atoms with Crippen molar-refractivity contribution in [1.82, 2.24) is 5.32 Å². The molecule has 144 valence electrons. The molecule has 0 unspecified atom stereocenters. The third kappa shape index (κ3) is 3.14. The normalized spacial score (nSPS) is 38.2. The number of hydrogen-bond acceptors (Lipinski definition) is 4. The van der Waals surface area contributed by atoms with E-state index in [4.69, 9.17) is 9.47 Å². The minimum atomic E-state index is -0.469. The number of rotatable bonds is 6. The van der Waals surface area contributed by atoms with Gasteiger partial charge in [-0.15, -0.1) is 0 Å². The Morgan fingerprint density at radius 3 is 2.19 bits per heavy atom. The van der Waals surface area contributed by atoms with Crippen LogP contribution in [0, 0.1) is 29.6 Å². The Hall–Kier alpha value is -1.52. The quantitative estimate of drug-likeness (QED) is 0.444. The number of nitrogens with one attached hydrogen (secondary N) is 1. The zero-order chi connectivity index (χ0) is 18.1. The molecule has 1 amide bonds. The molecule has 5 aliphatic carbocycles. The molecule has 5 aliphatic rings. The summed E-state index contributed by atoms with van der Waals surface area (Å²) in [6, 6.07) is 0. The SMILES string of the molecule is C=CC(=O)OCCNC(=O)OC1(C2CCCC2)C2CC3CC(C2)CC1C3. The number of carbonyl (C=O) groups is 2. The van der Waals surface area contributed by atoms with Crippen molar-refractivity contribution in [2.24, 2.45) is 29.6 Å². The summed E-state index contributed by atoms with van der Waals surface area (Å²) >= 11 is 0. The van der Waals surface area contributed by atoms with Crippen molar-refractivity contribution in [2.75, 3.05) is 13.2 Å². The van der Waals surface area contributed by atoms with Crippen LogP contribution in [-0.4, -0.2) is 30.8 Å². The van der Waals surface area contributed by atoms with Crippen molar-refractivity contribution >= 4 is 12.1 Å². The molecule has 0 radical (unpaired) electrons. The molecular weight excluding hydrogens is 330 g/mol. The number of hydrogen-bond donors (Lipinski definition) is 1. The van der Waals surface area contributed by atoms with Gasteiger partial charge in [0.15, 0.2) is 0 Å². The summed E-state index contributed by atoms with van der Waals surface area (Å²) in [5.41, 5.74) is -0.244. The Morgan fingerprint density at radius 2 is 1.62 bits per heavy atom. The summed E-state index contributed by atoms with van der Waals surface area (Å²) in [4.78, 5) is 23.7. The van der Waals surface area contributed by atoms with Crippen LogP contribution in [0.15, 0.2) is 12.7 Å². The number of ether oxygens (including phenoxy) is 2. The Bertz CT molecular complexity index is 538. The minimum absolute atomic E-state index is 0.146. The second-order valence-electron chi connectivity index (χ2n) is 8.83. The van der Waals surface area contributed by atoms with E-state index in [2.05, 4.69) is 11.9 Å².